The Bertz CT molecular complexity index is 619. The molecule has 0 amide bonds. The topological polar surface area (TPSA) is 81.7 Å². The summed E-state index contributed by atoms with van der Waals surface area (Å²) in [5, 5.41) is 16.8. The Morgan fingerprint density at radius 1 is 1.24 bits per heavy atom. The van der Waals surface area contributed by atoms with Gasteiger partial charge in [-0.05, 0) is 19.1 Å². The van der Waals surface area contributed by atoms with Crippen molar-refractivity contribution in [2.45, 2.75) is 23.5 Å². The van der Waals surface area contributed by atoms with Gasteiger partial charge in [-0.3, -0.25) is 0 Å². The Labute approximate surface area is 100 Å². The molecule has 1 aromatic carbocycles. The Hall–Kier alpha value is -1.85. The molecule has 0 aromatic heterocycles. The van der Waals surface area contributed by atoms with Crippen molar-refractivity contribution in [1.29, 1.82) is 10.5 Å². The third-order valence-corrected chi connectivity index (χ3v) is 5.27. The second-order valence-electron chi connectivity index (χ2n) is 4.25. The van der Waals surface area contributed by atoms with Crippen molar-refractivity contribution in [3.63, 3.8) is 0 Å². The van der Waals surface area contributed by atoms with Gasteiger partial charge < -0.3 is 0 Å². The van der Waals surface area contributed by atoms with Gasteiger partial charge in [0.15, 0.2) is 15.3 Å². The second-order valence-corrected chi connectivity index (χ2v) is 6.38. The summed E-state index contributed by atoms with van der Waals surface area (Å²) < 4.78 is 24.3. The summed E-state index contributed by atoms with van der Waals surface area (Å²) in [7, 11) is -3.56. The summed E-state index contributed by atoms with van der Waals surface area (Å²) in [4.78, 5) is 0.181. The molecular formula is C12H10N2O2S. The molecule has 17 heavy (non-hydrogen) atoms. The maximum atomic E-state index is 12.1. The summed E-state index contributed by atoms with van der Waals surface area (Å²) in [5.74, 6) is 0. The molecule has 2 rings (SSSR count). The number of rotatable bonds is 2. The fourth-order valence-electron chi connectivity index (χ4n) is 1.76. The Balaban J connectivity index is 2.39. The number of aryl methyl sites for hydroxylation is 1. The first-order valence-electron chi connectivity index (χ1n) is 5.09. The van der Waals surface area contributed by atoms with E-state index in [-0.39, 0.29) is 11.3 Å². The Morgan fingerprint density at radius 3 is 2.18 bits per heavy atom. The van der Waals surface area contributed by atoms with Gasteiger partial charge in [0.25, 0.3) is 0 Å². The van der Waals surface area contributed by atoms with Crippen LogP contribution in [0.3, 0.4) is 0 Å². The van der Waals surface area contributed by atoms with E-state index >= 15 is 0 Å². The predicted molar refractivity (Wildman–Crippen MR) is 60.4 cm³/mol. The molecule has 5 heteroatoms. The quantitative estimate of drug-likeness (QED) is 0.793. The van der Waals surface area contributed by atoms with E-state index in [0.29, 0.717) is 0 Å². The summed E-state index contributed by atoms with van der Waals surface area (Å²) in [6, 6.07) is 10.0. The molecule has 0 heterocycles. The van der Waals surface area contributed by atoms with Crippen LogP contribution in [0.4, 0.5) is 0 Å². The van der Waals surface area contributed by atoms with Crippen molar-refractivity contribution in [2.24, 2.45) is 5.41 Å². The molecule has 4 nitrogen and oxygen atoms in total. The Morgan fingerprint density at radius 2 is 1.76 bits per heavy atom. The van der Waals surface area contributed by atoms with Crippen LogP contribution in [0.2, 0.25) is 0 Å². The standard InChI is InChI=1S/C12H10N2O2S/c1-9-2-4-10(5-3-9)17(15,16)11-6-12(11,7-13)8-14/h2-5,11H,6H2,1H3. The number of sulfone groups is 1. The van der Waals surface area contributed by atoms with E-state index in [0.717, 1.165) is 5.56 Å². The van der Waals surface area contributed by atoms with Gasteiger partial charge in [-0.2, -0.15) is 10.5 Å². The van der Waals surface area contributed by atoms with Crippen LogP contribution in [0.1, 0.15) is 12.0 Å². The minimum Gasteiger partial charge on any atom is -0.223 e. The average molecular weight is 246 g/mol. The summed E-state index contributed by atoms with van der Waals surface area (Å²) in [6.07, 6.45) is 0.107. The van der Waals surface area contributed by atoms with Gasteiger partial charge in [0, 0.05) is 6.42 Å². The van der Waals surface area contributed by atoms with E-state index < -0.39 is 20.5 Å². The molecule has 0 saturated heterocycles. The van der Waals surface area contributed by atoms with Crippen LogP contribution in [-0.4, -0.2) is 13.7 Å². The van der Waals surface area contributed by atoms with Crippen LogP contribution in [0.5, 0.6) is 0 Å². The highest BCUT2D eigenvalue weighted by Gasteiger charge is 2.63. The highest BCUT2D eigenvalue weighted by atomic mass is 32.2. The first kappa shape index (κ1) is 11.6. The monoisotopic (exact) mass is 246 g/mol. The van der Waals surface area contributed by atoms with Gasteiger partial charge in [0.1, 0.15) is 5.25 Å². The normalized spacial score (nSPS) is 21.2. The maximum absolute atomic E-state index is 12.1. The van der Waals surface area contributed by atoms with Crippen LogP contribution in [-0.2, 0) is 9.84 Å². The minimum absolute atomic E-state index is 0.107. The minimum atomic E-state index is -3.56. The number of benzene rings is 1. The lowest BCUT2D eigenvalue weighted by molar-refractivity contribution is 0.591. The van der Waals surface area contributed by atoms with Gasteiger partial charge in [-0.1, -0.05) is 17.7 Å². The molecule has 86 valence electrons. The lowest BCUT2D eigenvalue weighted by Gasteiger charge is -2.04. The molecular weight excluding hydrogens is 236 g/mol. The van der Waals surface area contributed by atoms with Gasteiger partial charge >= 0.3 is 0 Å². The number of nitrogens with zero attached hydrogens (tertiary/aromatic N) is 2. The molecule has 0 radical (unpaired) electrons. The van der Waals surface area contributed by atoms with Gasteiger partial charge in [0.2, 0.25) is 0 Å². The van der Waals surface area contributed by atoms with E-state index in [2.05, 4.69) is 0 Å². The highest BCUT2D eigenvalue weighted by molar-refractivity contribution is 7.92. The molecule has 0 bridgehead atoms. The largest absolute Gasteiger partial charge is 0.223 e. The van der Waals surface area contributed by atoms with E-state index in [1.54, 1.807) is 24.3 Å². The fourth-order valence-corrected chi connectivity index (χ4v) is 3.72. The molecule has 1 saturated carbocycles. The SMILES string of the molecule is Cc1ccc(S(=O)(=O)C2CC2(C#N)C#N)cc1. The summed E-state index contributed by atoms with van der Waals surface area (Å²) in [6.45, 7) is 1.86. The van der Waals surface area contributed by atoms with Crippen LogP contribution in [0, 0.1) is 35.0 Å². The van der Waals surface area contributed by atoms with Crippen molar-refractivity contribution in [2.75, 3.05) is 0 Å². The zero-order chi connectivity index (χ0) is 12.7. The molecule has 1 atom stereocenters. The van der Waals surface area contributed by atoms with Gasteiger partial charge in [0.05, 0.1) is 17.0 Å². The number of hydrogen-bond acceptors (Lipinski definition) is 4. The van der Waals surface area contributed by atoms with Crippen molar-refractivity contribution in [3.8, 4) is 12.1 Å². The van der Waals surface area contributed by atoms with E-state index in [1.165, 1.54) is 12.1 Å². The predicted octanol–water partition coefficient (Wildman–Crippen LogP) is 1.57. The molecule has 0 N–H and O–H groups in total. The smallest absolute Gasteiger partial charge is 0.183 e. The Kier molecular flexibility index (Phi) is 2.45. The first-order chi connectivity index (χ1) is 7.96. The second kappa shape index (κ2) is 3.58. The molecule has 1 unspecified atom stereocenters. The molecule has 1 aromatic rings. The van der Waals surface area contributed by atoms with Crippen LogP contribution >= 0.6 is 0 Å². The molecule has 1 aliphatic carbocycles. The third-order valence-electron chi connectivity index (χ3n) is 3.02. The number of hydrogen-bond donors (Lipinski definition) is 0. The summed E-state index contributed by atoms with van der Waals surface area (Å²) >= 11 is 0. The van der Waals surface area contributed by atoms with Crippen molar-refractivity contribution >= 4 is 9.84 Å². The molecule has 0 spiro atoms. The molecule has 1 aliphatic rings. The van der Waals surface area contributed by atoms with E-state index in [1.807, 2.05) is 6.92 Å². The van der Waals surface area contributed by atoms with Crippen LogP contribution < -0.4 is 0 Å². The third kappa shape index (κ3) is 1.69. The maximum Gasteiger partial charge on any atom is 0.183 e. The number of nitriles is 2. The fraction of sp³-hybridized carbons (Fsp3) is 0.333. The highest BCUT2D eigenvalue weighted by Crippen LogP contribution is 2.51. The zero-order valence-electron chi connectivity index (χ0n) is 9.21. The van der Waals surface area contributed by atoms with Crippen LogP contribution in [0.15, 0.2) is 29.2 Å². The van der Waals surface area contributed by atoms with Crippen molar-refractivity contribution < 1.29 is 8.42 Å². The molecule has 0 aliphatic heterocycles. The van der Waals surface area contributed by atoms with Crippen molar-refractivity contribution in [3.05, 3.63) is 29.8 Å². The van der Waals surface area contributed by atoms with Crippen molar-refractivity contribution in [1.82, 2.24) is 0 Å². The van der Waals surface area contributed by atoms with Crippen LogP contribution in [0.25, 0.3) is 0 Å². The van der Waals surface area contributed by atoms with Gasteiger partial charge in [-0.25, -0.2) is 8.42 Å². The van der Waals surface area contributed by atoms with Gasteiger partial charge in [-0.15, -0.1) is 0 Å². The molecule has 1 fully saturated rings. The average Bonchev–Trinajstić information content (AvgIpc) is 3.06. The zero-order valence-corrected chi connectivity index (χ0v) is 10.0. The first-order valence-corrected chi connectivity index (χ1v) is 6.64. The lowest BCUT2D eigenvalue weighted by Crippen LogP contribution is -2.14. The van der Waals surface area contributed by atoms with E-state index in [4.69, 9.17) is 10.5 Å². The van der Waals surface area contributed by atoms with E-state index in [9.17, 15) is 8.42 Å². The lowest BCUT2D eigenvalue weighted by atomic mass is 10.2. The summed E-state index contributed by atoms with van der Waals surface area (Å²) in [5.41, 5.74) is -0.379.